The Hall–Kier alpha value is -1.08. The number of carboxylic acids is 1. The first kappa shape index (κ1) is 20.9. The van der Waals surface area contributed by atoms with Gasteiger partial charge in [-0.3, -0.25) is 0 Å². The second kappa shape index (κ2) is 4.96. The molecule has 0 fully saturated rings. The zero-order valence-corrected chi connectivity index (χ0v) is 10.0. The van der Waals surface area contributed by atoms with E-state index in [2.05, 4.69) is 11.6 Å². The Morgan fingerprint density at radius 3 is 1.14 bits per heavy atom. The predicted octanol–water partition coefficient (Wildman–Crippen LogP) is 4.08. The predicted molar refractivity (Wildman–Crippen MR) is 43.2 cm³/mol. The maximum Gasteiger partial charge on any atom is 0.410 e. The molecule has 0 amide bonds. The Morgan fingerprint density at radius 2 is 0.909 bits per heavy atom. The maximum absolute atomic E-state index is 12.7. The monoisotopic (exact) mass is 380 g/mol. The van der Waals surface area contributed by atoms with Crippen molar-refractivity contribution in [1.29, 1.82) is 0 Å². The average Bonchev–Trinajstić information content (AvgIpc) is 2.25. The molecule has 0 saturated heterocycles. The fourth-order valence-electron chi connectivity index (χ4n) is 0.904. The summed E-state index contributed by atoms with van der Waals surface area (Å²) in [5.74, 6) is -41.9. The van der Waals surface area contributed by atoms with E-state index in [0.717, 1.165) is 0 Å². The number of aliphatic carboxylic acids is 1. The highest BCUT2D eigenvalue weighted by Gasteiger charge is 2.91. The van der Waals surface area contributed by atoms with E-state index in [1.165, 1.54) is 0 Å². The highest BCUT2D eigenvalue weighted by atomic mass is 35.5. The lowest BCUT2D eigenvalue weighted by atomic mass is 9.94. The number of halogens is 13. The molecule has 0 aromatic rings. The van der Waals surface area contributed by atoms with Gasteiger partial charge in [0.15, 0.2) is 0 Å². The van der Waals surface area contributed by atoms with Crippen LogP contribution in [0.3, 0.4) is 0 Å². The van der Waals surface area contributed by atoms with Gasteiger partial charge in [-0.25, -0.2) is 4.79 Å². The Balaban J connectivity index is 6.29. The standard InChI is InChI=1S/C7HClF12O2/c8-7(19,20)6(17,18)5(15,16)4(13,14)3(11,12)2(9,10)1(21)22/h(H,21,22). The van der Waals surface area contributed by atoms with Gasteiger partial charge in [-0.2, -0.15) is 52.7 Å². The molecule has 0 aliphatic heterocycles. The van der Waals surface area contributed by atoms with Crippen LogP contribution in [0.25, 0.3) is 0 Å². The number of rotatable bonds is 6. The summed E-state index contributed by atoms with van der Waals surface area (Å²) in [5, 5.41) is 1.05. The molecule has 0 aromatic heterocycles. The molecule has 0 radical (unpaired) electrons. The quantitative estimate of drug-likeness (QED) is 0.557. The molecule has 0 heterocycles. The minimum Gasteiger partial charge on any atom is -0.477 e. The van der Waals surface area contributed by atoms with Gasteiger partial charge >= 0.3 is 41.0 Å². The molecule has 0 aliphatic carbocycles. The topological polar surface area (TPSA) is 37.3 Å². The number of hydrogen-bond acceptors (Lipinski definition) is 1. The van der Waals surface area contributed by atoms with Gasteiger partial charge in [-0.15, -0.1) is 0 Å². The van der Waals surface area contributed by atoms with Gasteiger partial charge in [-0.1, -0.05) is 0 Å². The first-order chi connectivity index (χ1) is 9.19. The van der Waals surface area contributed by atoms with E-state index in [1.54, 1.807) is 0 Å². The van der Waals surface area contributed by atoms with Crippen molar-refractivity contribution >= 4 is 17.6 Å². The lowest BCUT2D eigenvalue weighted by Crippen LogP contribution is -2.71. The summed E-state index contributed by atoms with van der Waals surface area (Å²) < 4.78 is 150. The Kier molecular flexibility index (Phi) is 4.72. The molecule has 22 heavy (non-hydrogen) atoms. The molecule has 0 saturated carbocycles. The fourth-order valence-corrected chi connectivity index (χ4v) is 1.02. The molecule has 0 atom stereocenters. The molecule has 132 valence electrons. The van der Waals surface area contributed by atoms with Crippen LogP contribution >= 0.6 is 11.6 Å². The molecule has 1 N–H and O–H groups in total. The van der Waals surface area contributed by atoms with E-state index in [9.17, 15) is 57.5 Å². The average molecular weight is 381 g/mol. The Morgan fingerprint density at radius 1 is 0.636 bits per heavy atom. The summed E-state index contributed by atoms with van der Waals surface area (Å²) in [4.78, 5) is 9.72. The van der Waals surface area contributed by atoms with Gasteiger partial charge < -0.3 is 5.11 Å². The Labute approximate surface area is 116 Å². The number of alkyl halides is 13. The van der Waals surface area contributed by atoms with Crippen LogP contribution in [0.15, 0.2) is 0 Å². The molecule has 0 unspecified atom stereocenters. The van der Waals surface area contributed by atoms with Crippen molar-refractivity contribution in [3.63, 3.8) is 0 Å². The summed E-state index contributed by atoms with van der Waals surface area (Å²) in [6.45, 7) is 0. The Bertz CT molecular complexity index is 453. The molecule has 0 aliphatic rings. The van der Waals surface area contributed by atoms with Crippen LogP contribution in [0, 0.1) is 0 Å². The summed E-state index contributed by atoms with van der Waals surface area (Å²) >= 11 is 3.40. The minimum absolute atomic E-state index is 3.40. The highest BCUT2D eigenvalue weighted by Crippen LogP contribution is 2.60. The third kappa shape index (κ3) is 2.44. The summed E-state index contributed by atoms with van der Waals surface area (Å²) in [7, 11) is 0. The SMILES string of the molecule is O=C(O)C(F)(F)C(F)(F)C(F)(F)C(F)(F)C(F)(F)C(F)(F)Cl. The largest absolute Gasteiger partial charge is 0.477 e. The molecule has 15 heteroatoms. The van der Waals surface area contributed by atoms with Crippen LogP contribution in [0.4, 0.5) is 52.7 Å². The fraction of sp³-hybridized carbons (Fsp3) is 0.857. The van der Waals surface area contributed by atoms with Crippen LogP contribution < -0.4 is 0 Å². The van der Waals surface area contributed by atoms with Gasteiger partial charge in [0.05, 0.1) is 0 Å². The van der Waals surface area contributed by atoms with Gasteiger partial charge in [0.1, 0.15) is 0 Å². The van der Waals surface area contributed by atoms with E-state index in [1.807, 2.05) is 0 Å². The molecule has 2 nitrogen and oxygen atoms in total. The third-order valence-electron chi connectivity index (χ3n) is 2.20. The van der Waals surface area contributed by atoms with E-state index < -0.39 is 41.0 Å². The lowest BCUT2D eigenvalue weighted by Gasteiger charge is -2.39. The molecular formula is C7HClF12O2. The zero-order valence-electron chi connectivity index (χ0n) is 9.27. The second-order valence-corrected chi connectivity index (χ2v) is 4.15. The van der Waals surface area contributed by atoms with E-state index >= 15 is 0 Å². The van der Waals surface area contributed by atoms with Crippen LogP contribution in [0.1, 0.15) is 0 Å². The van der Waals surface area contributed by atoms with Crippen LogP contribution in [0.2, 0.25) is 0 Å². The van der Waals surface area contributed by atoms with Crippen molar-refractivity contribution in [3.05, 3.63) is 0 Å². The van der Waals surface area contributed by atoms with Crippen LogP contribution in [-0.4, -0.2) is 46.1 Å². The van der Waals surface area contributed by atoms with Gasteiger partial charge in [0.25, 0.3) is 0 Å². The van der Waals surface area contributed by atoms with E-state index in [0.29, 0.717) is 0 Å². The summed E-state index contributed by atoms with van der Waals surface area (Å²) in [6.07, 6.45) is 0. The second-order valence-electron chi connectivity index (χ2n) is 3.67. The van der Waals surface area contributed by atoms with Crippen molar-refractivity contribution in [1.82, 2.24) is 0 Å². The lowest BCUT2D eigenvalue weighted by molar-refractivity contribution is -0.412. The molecular weight excluding hydrogens is 380 g/mol. The highest BCUT2D eigenvalue weighted by molar-refractivity contribution is 6.22. The third-order valence-corrected chi connectivity index (χ3v) is 2.44. The first-order valence-corrected chi connectivity index (χ1v) is 4.76. The molecule has 0 aromatic carbocycles. The van der Waals surface area contributed by atoms with Crippen molar-refractivity contribution in [2.75, 3.05) is 0 Å². The molecule has 0 spiro atoms. The number of carbonyl (C=O) groups is 1. The van der Waals surface area contributed by atoms with Crippen molar-refractivity contribution in [2.45, 2.75) is 35.0 Å². The van der Waals surface area contributed by atoms with E-state index in [4.69, 9.17) is 5.11 Å². The van der Waals surface area contributed by atoms with Crippen LogP contribution in [0.5, 0.6) is 0 Å². The minimum atomic E-state index is -7.91. The van der Waals surface area contributed by atoms with Gasteiger partial charge in [0.2, 0.25) is 0 Å². The van der Waals surface area contributed by atoms with E-state index in [-0.39, 0.29) is 0 Å². The van der Waals surface area contributed by atoms with Gasteiger partial charge in [-0.05, 0) is 11.6 Å². The normalized spacial score (nSPS) is 15.9. The maximum atomic E-state index is 12.7. The van der Waals surface area contributed by atoms with Gasteiger partial charge in [0, 0.05) is 0 Å². The van der Waals surface area contributed by atoms with Crippen LogP contribution in [-0.2, 0) is 4.79 Å². The first-order valence-electron chi connectivity index (χ1n) is 4.38. The molecule has 0 bridgehead atoms. The summed E-state index contributed by atoms with van der Waals surface area (Å²) in [6, 6.07) is 0. The van der Waals surface area contributed by atoms with Crippen molar-refractivity contribution in [2.24, 2.45) is 0 Å². The zero-order chi connectivity index (χ0) is 18.6. The number of hydrogen-bond donors (Lipinski definition) is 1. The smallest absolute Gasteiger partial charge is 0.410 e. The summed E-state index contributed by atoms with van der Waals surface area (Å²) in [5.41, 5.74) is 0. The number of carboxylic acid groups (broad SMARTS) is 1. The van der Waals surface area contributed by atoms with Crippen molar-refractivity contribution in [3.8, 4) is 0 Å². The van der Waals surface area contributed by atoms with Crippen molar-refractivity contribution < 1.29 is 62.6 Å². The molecule has 0 rings (SSSR count).